The Morgan fingerprint density at radius 1 is 1.00 bits per heavy atom. The molecule has 1 aliphatic carbocycles. The van der Waals surface area contributed by atoms with Crippen LogP contribution >= 0.6 is 0 Å². The Balaban J connectivity index is 2.17. The maximum atomic E-state index is 3.45. The SMILES string of the molecule is CCCN(CCC)C1(c2ccc(C#C[Si](C)(C)C)cc2)CC1. The zero-order valence-electron chi connectivity index (χ0n) is 15.0. The van der Waals surface area contributed by atoms with Crippen molar-refractivity contribution in [2.45, 2.75) is 64.7 Å². The zero-order chi connectivity index (χ0) is 16.2. The topological polar surface area (TPSA) is 3.24 Å². The highest BCUT2D eigenvalue weighted by Gasteiger charge is 2.48. The fourth-order valence-corrected chi connectivity index (χ4v) is 3.63. The van der Waals surface area contributed by atoms with Gasteiger partial charge in [-0.1, -0.05) is 51.5 Å². The minimum atomic E-state index is -1.29. The second-order valence-corrected chi connectivity index (χ2v) is 12.3. The predicted octanol–water partition coefficient (Wildman–Crippen LogP) is 5.03. The van der Waals surface area contributed by atoms with Crippen LogP contribution in [-0.4, -0.2) is 26.1 Å². The summed E-state index contributed by atoms with van der Waals surface area (Å²) in [5, 5.41) is 0. The van der Waals surface area contributed by atoms with Crippen molar-refractivity contribution >= 4 is 8.07 Å². The van der Waals surface area contributed by atoms with Gasteiger partial charge in [0.05, 0.1) is 0 Å². The summed E-state index contributed by atoms with van der Waals surface area (Å²) < 4.78 is 0. The molecule has 0 aliphatic heterocycles. The second kappa shape index (κ2) is 7.02. The molecule has 1 aliphatic rings. The third-order valence-electron chi connectivity index (χ3n) is 4.32. The van der Waals surface area contributed by atoms with E-state index in [4.69, 9.17) is 0 Å². The van der Waals surface area contributed by atoms with Crippen LogP contribution in [0.1, 0.15) is 50.7 Å². The molecule has 1 nitrogen and oxygen atoms in total. The first-order chi connectivity index (χ1) is 10.4. The maximum absolute atomic E-state index is 3.45. The summed E-state index contributed by atoms with van der Waals surface area (Å²) in [6, 6.07) is 9.08. The lowest BCUT2D eigenvalue weighted by Gasteiger charge is -2.32. The van der Waals surface area contributed by atoms with Crippen molar-refractivity contribution in [1.82, 2.24) is 4.90 Å². The number of nitrogens with zero attached hydrogens (tertiary/aromatic N) is 1. The van der Waals surface area contributed by atoms with Gasteiger partial charge in [0.15, 0.2) is 0 Å². The monoisotopic (exact) mass is 313 g/mol. The van der Waals surface area contributed by atoms with Crippen LogP contribution in [0.4, 0.5) is 0 Å². The molecular formula is C20H31NSi. The lowest BCUT2D eigenvalue weighted by Crippen LogP contribution is -2.36. The minimum Gasteiger partial charge on any atom is -0.294 e. The molecular weight excluding hydrogens is 282 g/mol. The van der Waals surface area contributed by atoms with Gasteiger partial charge in [0.25, 0.3) is 0 Å². The summed E-state index contributed by atoms with van der Waals surface area (Å²) in [5.74, 6) is 3.36. The molecule has 1 aromatic rings. The van der Waals surface area contributed by atoms with Gasteiger partial charge < -0.3 is 0 Å². The summed E-state index contributed by atoms with van der Waals surface area (Å²) in [5.41, 5.74) is 6.44. The molecule has 0 bridgehead atoms. The lowest BCUT2D eigenvalue weighted by molar-refractivity contribution is 0.176. The lowest BCUT2D eigenvalue weighted by atomic mass is 10.0. The van der Waals surface area contributed by atoms with Gasteiger partial charge in [-0.25, -0.2) is 0 Å². The van der Waals surface area contributed by atoms with Gasteiger partial charge in [0, 0.05) is 11.1 Å². The van der Waals surface area contributed by atoms with E-state index in [-0.39, 0.29) is 0 Å². The summed E-state index contributed by atoms with van der Waals surface area (Å²) >= 11 is 0. The molecule has 0 atom stereocenters. The first-order valence-corrected chi connectivity index (χ1v) is 12.3. The Hall–Kier alpha value is -1.04. The molecule has 0 radical (unpaired) electrons. The van der Waals surface area contributed by atoms with E-state index in [1.807, 2.05) is 0 Å². The fraction of sp³-hybridized carbons (Fsp3) is 0.600. The van der Waals surface area contributed by atoms with Gasteiger partial charge in [0.1, 0.15) is 8.07 Å². The van der Waals surface area contributed by atoms with E-state index in [1.165, 1.54) is 49.9 Å². The summed E-state index contributed by atoms with van der Waals surface area (Å²) in [4.78, 5) is 2.70. The molecule has 1 aromatic carbocycles. The standard InChI is InChI=1S/C20H31NSi/c1-6-15-21(16-7-2)20(13-14-20)19-10-8-18(9-11-19)12-17-22(3,4)5/h8-11H,6-7,13-16H2,1-5H3. The van der Waals surface area contributed by atoms with Crippen LogP contribution in [-0.2, 0) is 5.54 Å². The van der Waals surface area contributed by atoms with Gasteiger partial charge in [0.2, 0.25) is 0 Å². The number of hydrogen-bond acceptors (Lipinski definition) is 1. The number of benzene rings is 1. The molecule has 22 heavy (non-hydrogen) atoms. The molecule has 0 amide bonds. The Labute approximate surface area is 138 Å². The molecule has 0 heterocycles. The van der Waals surface area contributed by atoms with Crippen LogP contribution in [0.15, 0.2) is 24.3 Å². The summed E-state index contributed by atoms with van der Waals surface area (Å²) in [6.45, 7) is 13.9. The van der Waals surface area contributed by atoms with E-state index >= 15 is 0 Å². The molecule has 0 N–H and O–H groups in total. The quantitative estimate of drug-likeness (QED) is 0.526. The molecule has 1 fully saturated rings. The van der Waals surface area contributed by atoms with Crippen molar-refractivity contribution in [2.75, 3.05) is 13.1 Å². The van der Waals surface area contributed by atoms with Crippen molar-refractivity contribution in [3.05, 3.63) is 35.4 Å². The third kappa shape index (κ3) is 4.24. The predicted molar refractivity (Wildman–Crippen MR) is 99.7 cm³/mol. The smallest absolute Gasteiger partial charge is 0.129 e. The second-order valence-electron chi connectivity index (χ2n) is 7.60. The fourth-order valence-electron chi connectivity index (χ4n) is 3.11. The largest absolute Gasteiger partial charge is 0.294 e. The number of rotatable bonds is 6. The molecule has 1 saturated carbocycles. The van der Waals surface area contributed by atoms with Crippen molar-refractivity contribution in [2.24, 2.45) is 0 Å². The Morgan fingerprint density at radius 2 is 1.55 bits per heavy atom. The highest BCUT2D eigenvalue weighted by atomic mass is 28.3. The van der Waals surface area contributed by atoms with Crippen LogP contribution in [0.2, 0.25) is 19.6 Å². The Morgan fingerprint density at radius 3 is 1.95 bits per heavy atom. The normalized spacial score (nSPS) is 16.3. The highest BCUT2D eigenvalue weighted by molar-refractivity contribution is 6.83. The molecule has 2 heteroatoms. The Kier molecular flexibility index (Phi) is 5.53. The van der Waals surface area contributed by atoms with Crippen molar-refractivity contribution in [1.29, 1.82) is 0 Å². The van der Waals surface area contributed by atoms with Crippen LogP contribution in [0, 0.1) is 11.5 Å². The van der Waals surface area contributed by atoms with Crippen molar-refractivity contribution in [3.8, 4) is 11.5 Å². The zero-order valence-corrected chi connectivity index (χ0v) is 16.0. The van der Waals surface area contributed by atoms with E-state index in [0.29, 0.717) is 5.54 Å². The van der Waals surface area contributed by atoms with E-state index in [9.17, 15) is 0 Å². The number of hydrogen-bond donors (Lipinski definition) is 0. The van der Waals surface area contributed by atoms with E-state index in [0.717, 1.165) is 0 Å². The third-order valence-corrected chi connectivity index (χ3v) is 5.20. The van der Waals surface area contributed by atoms with Gasteiger partial charge in [-0.3, -0.25) is 4.90 Å². The van der Waals surface area contributed by atoms with Crippen LogP contribution in [0.25, 0.3) is 0 Å². The van der Waals surface area contributed by atoms with Gasteiger partial charge >= 0.3 is 0 Å². The highest BCUT2D eigenvalue weighted by Crippen LogP contribution is 2.51. The summed E-state index contributed by atoms with van der Waals surface area (Å²) in [6.07, 6.45) is 5.10. The van der Waals surface area contributed by atoms with Crippen LogP contribution in [0.5, 0.6) is 0 Å². The van der Waals surface area contributed by atoms with Gasteiger partial charge in [-0.15, -0.1) is 5.54 Å². The van der Waals surface area contributed by atoms with E-state index in [2.05, 4.69) is 74.1 Å². The molecule has 0 spiro atoms. The average Bonchev–Trinajstić information content (AvgIpc) is 3.26. The van der Waals surface area contributed by atoms with Crippen LogP contribution in [0.3, 0.4) is 0 Å². The maximum Gasteiger partial charge on any atom is 0.129 e. The molecule has 120 valence electrons. The molecule has 2 rings (SSSR count). The average molecular weight is 314 g/mol. The minimum absolute atomic E-state index is 0.330. The Bertz CT molecular complexity index is 532. The van der Waals surface area contributed by atoms with Gasteiger partial charge in [-0.05, 0) is 56.5 Å². The molecule has 0 aromatic heterocycles. The molecule has 0 saturated heterocycles. The van der Waals surface area contributed by atoms with E-state index < -0.39 is 8.07 Å². The first-order valence-electron chi connectivity index (χ1n) is 8.80. The van der Waals surface area contributed by atoms with E-state index in [1.54, 1.807) is 0 Å². The van der Waals surface area contributed by atoms with Crippen LogP contribution < -0.4 is 0 Å². The van der Waals surface area contributed by atoms with Crippen molar-refractivity contribution in [3.63, 3.8) is 0 Å². The van der Waals surface area contributed by atoms with Gasteiger partial charge in [-0.2, -0.15) is 0 Å². The summed E-state index contributed by atoms with van der Waals surface area (Å²) in [7, 11) is -1.29. The first kappa shape index (κ1) is 17.3. The van der Waals surface area contributed by atoms with Crippen molar-refractivity contribution < 1.29 is 0 Å². The molecule has 0 unspecified atom stereocenters.